The van der Waals surface area contributed by atoms with Gasteiger partial charge in [-0.15, -0.1) is 0 Å². The van der Waals surface area contributed by atoms with Crippen molar-refractivity contribution in [2.24, 2.45) is 5.92 Å². The van der Waals surface area contributed by atoms with Crippen LogP contribution in [-0.4, -0.2) is 37.5 Å². The molecule has 1 N–H and O–H groups in total. The average Bonchev–Trinajstić information content (AvgIpc) is 2.29. The molecule has 0 aromatic rings. The van der Waals surface area contributed by atoms with E-state index < -0.39 is 0 Å². The number of halogens is 1. The van der Waals surface area contributed by atoms with Crippen LogP contribution in [-0.2, 0) is 9.53 Å². The molecule has 0 aromatic carbocycles. The van der Waals surface area contributed by atoms with E-state index in [4.69, 9.17) is 4.74 Å². The molecule has 3 nitrogen and oxygen atoms in total. The van der Waals surface area contributed by atoms with Crippen LogP contribution in [0.15, 0.2) is 0 Å². The second-order valence-electron chi connectivity index (χ2n) is 4.28. The topological polar surface area (TPSA) is 30.7 Å². The number of rotatable bonds is 5. The van der Waals surface area contributed by atoms with E-state index in [1.165, 1.54) is 32.4 Å². The van der Waals surface area contributed by atoms with Crippen LogP contribution in [0.5, 0.6) is 0 Å². The molecule has 1 rings (SSSR count). The summed E-state index contributed by atoms with van der Waals surface area (Å²) in [6, 6.07) is 0. The molecule has 0 radical (unpaired) electrons. The number of piperidine rings is 1. The maximum atomic E-state index is 11.4. The summed E-state index contributed by atoms with van der Waals surface area (Å²) in [7, 11) is 0. The highest BCUT2D eigenvalue weighted by molar-refractivity contribution is 9.09. The van der Waals surface area contributed by atoms with Gasteiger partial charge in [0.05, 0.1) is 19.0 Å². The number of ether oxygens (including phenoxy) is 1. The lowest BCUT2D eigenvalue weighted by Crippen LogP contribution is -3.13. The van der Waals surface area contributed by atoms with Crippen molar-refractivity contribution in [1.82, 2.24) is 0 Å². The van der Waals surface area contributed by atoms with Crippen molar-refractivity contribution in [3.8, 4) is 0 Å². The third-order valence-electron chi connectivity index (χ3n) is 2.89. The fraction of sp³-hybridized carbons (Fsp3) is 0.909. The number of likely N-dealkylation sites (tertiary alicyclic amines) is 1. The van der Waals surface area contributed by atoms with Crippen molar-refractivity contribution < 1.29 is 14.4 Å². The Bertz CT molecular complexity index is 193. The summed E-state index contributed by atoms with van der Waals surface area (Å²) in [5.74, 6) is -0.107. The zero-order valence-corrected chi connectivity index (χ0v) is 11.0. The maximum Gasteiger partial charge on any atom is 0.309 e. The Morgan fingerprint density at radius 1 is 1.40 bits per heavy atom. The highest BCUT2D eigenvalue weighted by atomic mass is 79.9. The molecule has 1 heterocycles. The summed E-state index contributed by atoms with van der Waals surface area (Å²) in [4.78, 5) is 12.9. The molecule has 1 unspecified atom stereocenters. The van der Waals surface area contributed by atoms with Gasteiger partial charge in [0.15, 0.2) is 0 Å². The molecule has 0 spiro atoms. The normalized spacial score (nSPS) is 19.9. The van der Waals surface area contributed by atoms with Gasteiger partial charge in [-0.05, 0) is 19.3 Å². The van der Waals surface area contributed by atoms with E-state index in [1.54, 1.807) is 4.90 Å². The molecule has 0 aromatic heterocycles. The summed E-state index contributed by atoms with van der Waals surface area (Å²) in [5, 5.41) is 0.683. The number of hydrogen-bond acceptors (Lipinski definition) is 2. The van der Waals surface area contributed by atoms with Crippen LogP contribution in [0.4, 0.5) is 0 Å². The Kier molecular flexibility index (Phi) is 6.25. The number of alkyl halides is 1. The summed E-state index contributed by atoms with van der Waals surface area (Å²) < 4.78 is 5.21. The molecule has 1 atom stereocenters. The van der Waals surface area contributed by atoms with E-state index in [9.17, 15) is 4.79 Å². The van der Waals surface area contributed by atoms with Gasteiger partial charge in [0.1, 0.15) is 13.2 Å². The fourth-order valence-electron chi connectivity index (χ4n) is 1.80. The second-order valence-corrected chi connectivity index (χ2v) is 4.93. The van der Waals surface area contributed by atoms with Gasteiger partial charge in [-0.1, -0.05) is 22.9 Å². The monoisotopic (exact) mass is 278 g/mol. The quantitative estimate of drug-likeness (QED) is 0.591. The number of nitrogens with one attached hydrogen (secondary N) is 1. The average molecular weight is 279 g/mol. The molecule has 1 aliphatic heterocycles. The molecule has 15 heavy (non-hydrogen) atoms. The van der Waals surface area contributed by atoms with Crippen LogP contribution in [0.1, 0.15) is 26.2 Å². The largest absolute Gasteiger partial charge is 0.459 e. The number of quaternary nitrogens is 1. The van der Waals surface area contributed by atoms with Crippen LogP contribution in [0.25, 0.3) is 0 Å². The molecule has 0 aliphatic carbocycles. The van der Waals surface area contributed by atoms with Crippen molar-refractivity contribution >= 4 is 21.9 Å². The van der Waals surface area contributed by atoms with Gasteiger partial charge in [-0.2, -0.15) is 0 Å². The van der Waals surface area contributed by atoms with Crippen molar-refractivity contribution in [2.45, 2.75) is 26.2 Å². The lowest BCUT2D eigenvalue weighted by atomic mass is 10.1. The first-order valence-electron chi connectivity index (χ1n) is 5.80. The van der Waals surface area contributed by atoms with Crippen molar-refractivity contribution in [1.29, 1.82) is 0 Å². The lowest BCUT2D eigenvalue weighted by molar-refractivity contribution is -0.905. The number of esters is 1. The highest BCUT2D eigenvalue weighted by Gasteiger charge is 2.16. The highest BCUT2D eigenvalue weighted by Crippen LogP contribution is 2.01. The van der Waals surface area contributed by atoms with Gasteiger partial charge < -0.3 is 9.64 Å². The molecular formula is C11H21BrNO2+. The SMILES string of the molecule is CC(CBr)C(=O)OCC[NH+]1CCCCC1. The summed E-state index contributed by atoms with van der Waals surface area (Å²) in [6.45, 7) is 5.91. The fourth-order valence-corrected chi connectivity index (χ4v) is 2.07. The van der Waals surface area contributed by atoms with Crippen molar-refractivity contribution in [3.63, 3.8) is 0 Å². The van der Waals surface area contributed by atoms with E-state index in [1.807, 2.05) is 6.92 Å². The Hall–Kier alpha value is -0.0900. The first-order chi connectivity index (χ1) is 7.24. The van der Waals surface area contributed by atoms with Gasteiger partial charge in [0.2, 0.25) is 0 Å². The third kappa shape index (κ3) is 4.98. The number of hydrogen-bond donors (Lipinski definition) is 1. The molecule has 0 bridgehead atoms. The Morgan fingerprint density at radius 3 is 2.67 bits per heavy atom. The van der Waals surface area contributed by atoms with Crippen LogP contribution in [0.2, 0.25) is 0 Å². The van der Waals surface area contributed by atoms with Crippen LogP contribution in [0.3, 0.4) is 0 Å². The number of carbonyl (C=O) groups excluding carboxylic acids is 1. The first kappa shape index (κ1) is 13.0. The van der Waals surface area contributed by atoms with Crippen LogP contribution in [0, 0.1) is 5.92 Å². The van der Waals surface area contributed by atoms with E-state index in [-0.39, 0.29) is 11.9 Å². The minimum atomic E-state index is -0.0803. The van der Waals surface area contributed by atoms with Gasteiger partial charge in [-0.3, -0.25) is 4.79 Å². The van der Waals surface area contributed by atoms with Crippen molar-refractivity contribution in [3.05, 3.63) is 0 Å². The standard InChI is InChI=1S/C11H20BrNO2/c1-10(9-12)11(14)15-8-7-13-5-3-2-4-6-13/h10H,2-9H2,1H3/p+1. The first-order valence-corrected chi connectivity index (χ1v) is 6.92. The number of carbonyl (C=O) groups is 1. The predicted molar refractivity (Wildman–Crippen MR) is 63.3 cm³/mol. The minimum absolute atomic E-state index is 0.0265. The van der Waals surface area contributed by atoms with Crippen molar-refractivity contribution in [2.75, 3.05) is 31.6 Å². The molecule has 4 heteroatoms. The molecule has 1 fully saturated rings. The molecule has 88 valence electrons. The molecular weight excluding hydrogens is 258 g/mol. The van der Waals surface area contributed by atoms with Crippen LogP contribution < -0.4 is 4.90 Å². The molecule has 0 saturated carbocycles. The lowest BCUT2D eigenvalue weighted by Gasteiger charge is -2.23. The second kappa shape index (κ2) is 7.23. The Balaban J connectivity index is 2.07. The summed E-state index contributed by atoms with van der Waals surface area (Å²) in [5.41, 5.74) is 0. The summed E-state index contributed by atoms with van der Waals surface area (Å²) in [6.07, 6.45) is 4.01. The zero-order valence-electron chi connectivity index (χ0n) is 9.43. The minimum Gasteiger partial charge on any atom is -0.459 e. The summed E-state index contributed by atoms with van der Waals surface area (Å²) >= 11 is 3.28. The van der Waals surface area contributed by atoms with Gasteiger partial charge in [0, 0.05) is 5.33 Å². The van der Waals surface area contributed by atoms with Gasteiger partial charge in [-0.25, -0.2) is 0 Å². The van der Waals surface area contributed by atoms with E-state index in [0.29, 0.717) is 11.9 Å². The molecule has 0 amide bonds. The Morgan fingerprint density at radius 2 is 2.07 bits per heavy atom. The van der Waals surface area contributed by atoms with E-state index in [2.05, 4.69) is 15.9 Å². The van der Waals surface area contributed by atoms with Crippen LogP contribution >= 0.6 is 15.9 Å². The maximum absolute atomic E-state index is 11.4. The van der Waals surface area contributed by atoms with Gasteiger partial charge in [0.25, 0.3) is 0 Å². The van der Waals surface area contributed by atoms with E-state index >= 15 is 0 Å². The smallest absolute Gasteiger partial charge is 0.309 e. The predicted octanol–water partition coefficient (Wildman–Crippen LogP) is 0.629. The molecule has 1 aliphatic rings. The third-order valence-corrected chi connectivity index (χ3v) is 3.87. The zero-order chi connectivity index (χ0) is 11.1. The van der Waals surface area contributed by atoms with Gasteiger partial charge >= 0.3 is 5.97 Å². The molecule has 1 saturated heterocycles. The Labute approximate surface area is 100 Å². The van der Waals surface area contributed by atoms with E-state index in [0.717, 1.165) is 6.54 Å².